The fraction of sp³-hybridized carbons (Fsp3) is 0.600. The lowest BCUT2D eigenvalue weighted by atomic mass is 10.2. The topological polar surface area (TPSA) is 67.3 Å². The van der Waals surface area contributed by atoms with E-state index < -0.39 is 9.84 Å². The van der Waals surface area contributed by atoms with Crippen LogP contribution in [0.5, 0.6) is 0 Å². The molecule has 1 aliphatic rings. The third kappa shape index (κ3) is 2.66. The zero-order valence-corrected chi connectivity index (χ0v) is 11.1. The standard InChI is InChI=1S/C10H14N2O3S2/c1-2-12(8-4-6-17(14,15)7-8)10(13)9-3-5-11-16-9/h3,5,8H,2,4,6-7H2,1H3. The summed E-state index contributed by atoms with van der Waals surface area (Å²) in [6.07, 6.45) is 2.12. The van der Waals surface area contributed by atoms with Crippen LogP contribution in [0.4, 0.5) is 0 Å². The number of hydrogen-bond acceptors (Lipinski definition) is 5. The molecule has 1 amide bonds. The molecule has 0 spiro atoms. The van der Waals surface area contributed by atoms with Gasteiger partial charge in [0.25, 0.3) is 5.91 Å². The number of rotatable bonds is 3. The van der Waals surface area contributed by atoms with Gasteiger partial charge >= 0.3 is 0 Å². The quantitative estimate of drug-likeness (QED) is 0.817. The molecule has 1 fully saturated rings. The van der Waals surface area contributed by atoms with Crippen molar-refractivity contribution in [2.24, 2.45) is 0 Å². The summed E-state index contributed by atoms with van der Waals surface area (Å²) in [6.45, 7) is 2.39. The molecule has 2 rings (SSSR count). The molecule has 0 radical (unpaired) electrons. The summed E-state index contributed by atoms with van der Waals surface area (Å²) in [5.41, 5.74) is 0. The molecule has 1 aliphatic heterocycles. The summed E-state index contributed by atoms with van der Waals surface area (Å²) in [7, 11) is -2.96. The van der Waals surface area contributed by atoms with Crippen LogP contribution in [0.3, 0.4) is 0 Å². The Bertz CT molecular complexity index is 496. The number of carbonyl (C=O) groups is 1. The molecule has 1 aromatic rings. The van der Waals surface area contributed by atoms with Crippen LogP contribution in [0.25, 0.3) is 0 Å². The van der Waals surface area contributed by atoms with Crippen molar-refractivity contribution in [1.82, 2.24) is 9.27 Å². The van der Waals surface area contributed by atoms with E-state index in [9.17, 15) is 13.2 Å². The average Bonchev–Trinajstić information content (AvgIpc) is 2.88. The predicted octanol–water partition coefficient (Wildman–Crippen LogP) is 0.792. The van der Waals surface area contributed by atoms with E-state index in [0.717, 1.165) is 11.5 Å². The van der Waals surface area contributed by atoms with E-state index in [2.05, 4.69) is 4.37 Å². The lowest BCUT2D eigenvalue weighted by Gasteiger charge is -2.26. The van der Waals surface area contributed by atoms with E-state index in [4.69, 9.17) is 0 Å². The molecule has 1 unspecified atom stereocenters. The molecule has 1 atom stereocenters. The van der Waals surface area contributed by atoms with Crippen LogP contribution >= 0.6 is 11.5 Å². The van der Waals surface area contributed by atoms with Crippen LogP contribution in [0.2, 0.25) is 0 Å². The van der Waals surface area contributed by atoms with E-state index in [0.29, 0.717) is 17.8 Å². The Balaban J connectivity index is 2.15. The number of carbonyl (C=O) groups excluding carboxylic acids is 1. The summed E-state index contributed by atoms with van der Waals surface area (Å²) >= 11 is 1.14. The van der Waals surface area contributed by atoms with Gasteiger partial charge in [-0.15, -0.1) is 0 Å². The smallest absolute Gasteiger partial charge is 0.265 e. The van der Waals surface area contributed by atoms with E-state index in [-0.39, 0.29) is 23.5 Å². The molecule has 94 valence electrons. The molecule has 1 saturated heterocycles. The Labute approximate surface area is 105 Å². The Morgan fingerprint density at radius 1 is 1.65 bits per heavy atom. The third-order valence-electron chi connectivity index (χ3n) is 2.90. The highest BCUT2D eigenvalue weighted by Gasteiger charge is 2.34. The highest BCUT2D eigenvalue weighted by molar-refractivity contribution is 7.91. The van der Waals surface area contributed by atoms with Crippen molar-refractivity contribution < 1.29 is 13.2 Å². The SMILES string of the molecule is CCN(C(=O)c1ccns1)C1CCS(=O)(=O)C1. The zero-order valence-electron chi connectivity index (χ0n) is 9.50. The van der Waals surface area contributed by atoms with Crippen LogP contribution in [0, 0.1) is 0 Å². The Kier molecular flexibility index (Phi) is 3.48. The highest BCUT2D eigenvalue weighted by atomic mass is 32.2. The van der Waals surface area contributed by atoms with Gasteiger partial charge in [-0.1, -0.05) is 0 Å². The van der Waals surface area contributed by atoms with Crippen LogP contribution in [0.1, 0.15) is 23.0 Å². The monoisotopic (exact) mass is 274 g/mol. The highest BCUT2D eigenvalue weighted by Crippen LogP contribution is 2.20. The van der Waals surface area contributed by atoms with Gasteiger partial charge in [0.15, 0.2) is 9.84 Å². The van der Waals surface area contributed by atoms with Crippen molar-refractivity contribution in [2.45, 2.75) is 19.4 Å². The fourth-order valence-corrected chi connectivity index (χ4v) is 4.34. The predicted molar refractivity (Wildman–Crippen MR) is 65.9 cm³/mol. The molecule has 2 heterocycles. The van der Waals surface area contributed by atoms with Crippen LogP contribution in [-0.2, 0) is 9.84 Å². The van der Waals surface area contributed by atoms with Gasteiger partial charge in [-0.3, -0.25) is 4.79 Å². The maximum atomic E-state index is 12.1. The van der Waals surface area contributed by atoms with Gasteiger partial charge in [0.2, 0.25) is 0 Å². The van der Waals surface area contributed by atoms with Gasteiger partial charge in [0, 0.05) is 18.8 Å². The minimum atomic E-state index is -2.96. The molecule has 7 heteroatoms. The normalized spacial score (nSPS) is 22.5. The molecule has 0 aromatic carbocycles. The molecule has 0 aliphatic carbocycles. The van der Waals surface area contributed by atoms with E-state index >= 15 is 0 Å². The van der Waals surface area contributed by atoms with Crippen molar-refractivity contribution >= 4 is 27.3 Å². The first-order valence-electron chi connectivity index (χ1n) is 5.45. The largest absolute Gasteiger partial charge is 0.334 e. The van der Waals surface area contributed by atoms with Gasteiger partial charge in [-0.25, -0.2) is 12.8 Å². The summed E-state index contributed by atoms with van der Waals surface area (Å²) in [5.74, 6) is 0.160. The molecular formula is C10H14N2O3S2. The lowest BCUT2D eigenvalue weighted by molar-refractivity contribution is 0.0713. The van der Waals surface area contributed by atoms with Gasteiger partial charge < -0.3 is 4.90 Å². The first-order chi connectivity index (χ1) is 8.03. The second kappa shape index (κ2) is 4.73. The van der Waals surface area contributed by atoms with Crippen LogP contribution in [0.15, 0.2) is 12.3 Å². The number of hydrogen-bond donors (Lipinski definition) is 0. The molecule has 0 saturated carbocycles. The van der Waals surface area contributed by atoms with Crippen LogP contribution < -0.4 is 0 Å². The van der Waals surface area contributed by atoms with Crippen molar-refractivity contribution in [3.8, 4) is 0 Å². The molecular weight excluding hydrogens is 260 g/mol. The maximum Gasteiger partial charge on any atom is 0.265 e. The molecule has 0 bridgehead atoms. The first-order valence-corrected chi connectivity index (χ1v) is 8.05. The van der Waals surface area contributed by atoms with Crippen molar-refractivity contribution in [2.75, 3.05) is 18.1 Å². The van der Waals surface area contributed by atoms with E-state index in [1.807, 2.05) is 6.92 Å². The van der Waals surface area contributed by atoms with E-state index in [1.165, 1.54) is 0 Å². The number of amides is 1. The number of sulfone groups is 1. The summed E-state index contributed by atoms with van der Waals surface area (Å²) < 4.78 is 26.7. The molecule has 0 N–H and O–H groups in total. The van der Waals surface area contributed by atoms with Gasteiger partial charge in [0.1, 0.15) is 4.88 Å². The molecule has 17 heavy (non-hydrogen) atoms. The van der Waals surface area contributed by atoms with Crippen molar-refractivity contribution in [3.63, 3.8) is 0 Å². The van der Waals surface area contributed by atoms with Crippen molar-refractivity contribution in [1.29, 1.82) is 0 Å². The van der Waals surface area contributed by atoms with Gasteiger partial charge in [-0.2, -0.15) is 0 Å². The van der Waals surface area contributed by atoms with Crippen LogP contribution in [-0.4, -0.2) is 47.7 Å². The van der Waals surface area contributed by atoms with E-state index in [1.54, 1.807) is 17.2 Å². The lowest BCUT2D eigenvalue weighted by Crippen LogP contribution is -2.40. The molecule has 1 aromatic heterocycles. The summed E-state index contributed by atoms with van der Waals surface area (Å²) in [4.78, 5) is 14.3. The Hall–Kier alpha value is -0.950. The Morgan fingerprint density at radius 3 is 2.88 bits per heavy atom. The minimum Gasteiger partial charge on any atom is -0.334 e. The average molecular weight is 274 g/mol. The fourth-order valence-electron chi connectivity index (χ4n) is 2.06. The second-order valence-electron chi connectivity index (χ2n) is 4.02. The van der Waals surface area contributed by atoms with Gasteiger partial charge in [0.05, 0.1) is 11.5 Å². The summed E-state index contributed by atoms with van der Waals surface area (Å²) in [5, 5.41) is 0. The maximum absolute atomic E-state index is 12.1. The molecule has 5 nitrogen and oxygen atoms in total. The van der Waals surface area contributed by atoms with Gasteiger partial charge in [-0.05, 0) is 30.9 Å². The summed E-state index contributed by atoms with van der Waals surface area (Å²) in [6, 6.07) is 1.48. The minimum absolute atomic E-state index is 0.0887. The number of aromatic nitrogens is 1. The number of nitrogens with zero attached hydrogens (tertiary/aromatic N) is 2. The first kappa shape index (κ1) is 12.5. The van der Waals surface area contributed by atoms with Crippen molar-refractivity contribution in [3.05, 3.63) is 17.1 Å². The third-order valence-corrected chi connectivity index (χ3v) is 5.38. The zero-order chi connectivity index (χ0) is 12.5. The Morgan fingerprint density at radius 2 is 2.41 bits per heavy atom. The second-order valence-corrected chi connectivity index (χ2v) is 7.09.